The summed E-state index contributed by atoms with van der Waals surface area (Å²) in [6.45, 7) is 0.908. The van der Waals surface area contributed by atoms with E-state index in [0.717, 1.165) is 5.56 Å². The van der Waals surface area contributed by atoms with Crippen LogP contribution < -0.4 is 0 Å². The summed E-state index contributed by atoms with van der Waals surface area (Å²) in [6, 6.07) is 6.82. The Hall–Kier alpha value is -2.14. The maximum atomic E-state index is 11.7. The molecule has 0 radical (unpaired) electrons. The molecule has 100 valence electrons. The van der Waals surface area contributed by atoms with Crippen LogP contribution in [0.3, 0.4) is 0 Å². The van der Waals surface area contributed by atoms with Crippen molar-refractivity contribution in [3.05, 3.63) is 41.5 Å². The number of hydrogen-bond donors (Lipinski definition) is 0. The van der Waals surface area contributed by atoms with Crippen molar-refractivity contribution in [2.45, 2.75) is 0 Å². The summed E-state index contributed by atoms with van der Waals surface area (Å²) in [5.41, 5.74) is 1.17. The molecule has 0 aromatic heterocycles. The number of ether oxygens (including phenoxy) is 3. The zero-order valence-electron chi connectivity index (χ0n) is 10.3. The van der Waals surface area contributed by atoms with Gasteiger partial charge < -0.3 is 14.2 Å². The number of benzene rings is 1. The average Bonchev–Trinajstić information content (AvgIpc) is 2.43. The van der Waals surface area contributed by atoms with Gasteiger partial charge in [0.25, 0.3) is 0 Å². The number of esters is 2. The lowest BCUT2D eigenvalue weighted by Gasteiger charge is -2.08. The molecule has 5 nitrogen and oxygen atoms in total. The number of hydrogen-bond acceptors (Lipinski definition) is 5. The van der Waals surface area contributed by atoms with Crippen molar-refractivity contribution in [3.63, 3.8) is 0 Å². The Morgan fingerprint density at radius 3 is 2.53 bits per heavy atom. The second kappa shape index (κ2) is 6.70. The van der Waals surface area contributed by atoms with Crippen LogP contribution in [0.15, 0.2) is 30.3 Å². The molecule has 0 fully saturated rings. The molecule has 0 saturated carbocycles. The van der Waals surface area contributed by atoms with Gasteiger partial charge in [0.15, 0.2) is 0 Å². The van der Waals surface area contributed by atoms with Crippen molar-refractivity contribution in [2.75, 3.05) is 26.4 Å². The Morgan fingerprint density at radius 1 is 0.895 bits per heavy atom. The number of cyclic esters (lactones) is 2. The molecule has 0 N–H and O–H groups in total. The summed E-state index contributed by atoms with van der Waals surface area (Å²) in [6.07, 6.45) is 2.90. The van der Waals surface area contributed by atoms with Crippen molar-refractivity contribution in [1.29, 1.82) is 0 Å². The molecule has 0 spiro atoms. The molecule has 1 aliphatic heterocycles. The van der Waals surface area contributed by atoms with Crippen LogP contribution in [0.4, 0.5) is 0 Å². The van der Waals surface area contributed by atoms with Gasteiger partial charge in [-0.25, -0.2) is 9.59 Å². The maximum absolute atomic E-state index is 11.7. The van der Waals surface area contributed by atoms with Crippen LogP contribution in [0, 0.1) is 0 Å². The zero-order valence-corrected chi connectivity index (χ0v) is 10.3. The first kappa shape index (κ1) is 13.3. The van der Waals surface area contributed by atoms with Gasteiger partial charge in [-0.3, -0.25) is 0 Å². The molecule has 1 aromatic rings. The lowest BCUT2D eigenvalue weighted by Crippen LogP contribution is -2.14. The highest BCUT2D eigenvalue weighted by Crippen LogP contribution is 2.09. The fourth-order valence-electron chi connectivity index (χ4n) is 1.56. The minimum Gasteiger partial charge on any atom is -0.460 e. The topological polar surface area (TPSA) is 61.8 Å². The highest BCUT2D eigenvalue weighted by Gasteiger charge is 2.07. The second-order valence-corrected chi connectivity index (χ2v) is 3.87. The predicted molar refractivity (Wildman–Crippen MR) is 67.5 cm³/mol. The van der Waals surface area contributed by atoms with Gasteiger partial charge in [-0.1, -0.05) is 12.1 Å². The van der Waals surface area contributed by atoms with Gasteiger partial charge in [0.05, 0.1) is 18.8 Å². The van der Waals surface area contributed by atoms with Gasteiger partial charge in [-0.05, 0) is 23.8 Å². The molecule has 0 amide bonds. The third-order valence-electron chi connectivity index (χ3n) is 2.47. The number of carbonyl (C=O) groups is 2. The number of rotatable bonds is 0. The van der Waals surface area contributed by atoms with E-state index in [0.29, 0.717) is 5.56 Å². The van der Waals surface area contributed by atoms with Crippen molar-refractivity contribution in [2.24, 2.45) is 0 Å². The molecule has 0 aliphatic carbocycles. The van der Waals surface area contributed by atoms with Gasteiger partial charge in [-0.15, -0.1) is 0 Å². The largest absolute Gasteiger partial charge is 0.460 e. The van der Waals surface area contributed by atoms with E-state index in [9.17, 15) is 9.59 Å². The van der Waals surface area contributed by atoms with Crippen LogP contribution in [0.5, 0.6) is 0 Å². The molecular weight excluding hydrogens is 248 g/mol. The van der Waals surface area contributed by atoms with E-state index in [4.69, 9.17) is 14.2 Å². The number of fused-ring (bicyclic) bond motifs is 2. The molecule has 0 unspecified atom stereocenters. The molecule has 1 aromatic carbocycles. The molecule has 2 rings (SSSR count). The van der Waals surface area contributed by atoms with E-state index >= 15 is 0 Å². The Balaban J connectivity index is 2.18. The minimum absolute atomic E-state index is 0.173. The Labute approximate surface area is 110 Å². The lowest BCUT2D eigenvalue weighted by molar-refractivity contribution is -0.139. The van der Waals surface area contributed by atoms with Gasteiger partial charge in [0.1, 0.15) is 13.2 Å². The summed E-state index contributed by atoms with van der Waals surface area (Å²) in [5.74, 6) is -0.841. The molecule has 1 heterocycles. The quantitative estimate of drug-likeness (QED) is 0.662. The van der Waals surface area contributed by atoms with Gasteiger partial charge in [0, 0.05) is 6.08 Å². The Morgan fingerprint density at radius 2 is 1.68 bits per heavy atom. The van der Waals surface area contributed by atoms with E-state index in [-0.39, 0.29) is 26.4 Å². The summed E-state index contributed by atoms with van der Waals surface area (Å²) >= 11 is 0. The zero-order chi connectivity index (χ0) is 13.5. The van der Waals surface area contributed by atoms with Crippen LogP contribution in [0.2, 0.25) is 0 Å². The molecule has 2 bridgehead atoms. The Kier molecular flexibility index (Phi) is 4.69. The minimum atomic E-state index is -0.436. The van der Waals surface area contributed by atoms with Gasteiger partial charge in [0.2, 0.25) is 0 Å². The first-order valence-electron chi connectivity index (χ1n) is 5.95. The number of carbonyl (C=O) groups excluding carboxylic acids is 2. The van der Waals surface area contributed by atoms with Crippen LogP contribution in [-0.4, -0.2) is 38.4 Å². The van der Waals surface area contributed by atoms with E-state index in [1.165, 1.54) is 6.08 Å². The molecule has 0 saturated heterocycles. The summed E-state index contributed by atoms with van der Waals surface area (Å²) in [4.78, 5) is 23.1. The smallest absolute Gasteiger partial charge is 0.338 e. The van der Waals surface area contributed by atoms with E-state index < -0.39 is 11.9 Å². The van der Waals surface area contributed by atoms with Gasteiger partial charge >= 0.3 is 11.9 Å². The van der Waals surface area contributed by atoms with Crippen LogP contribution in [0.1, 0.15) is 15.9 Å². The van der Waals surface area contributed by atoms with E-state index in [2.05, 4.69) is 0 Å². The molecular formula is C14H14O5. The highest BCUT2D eigenvalue weighted by atomic mass is 16.6. The Bertz CT molecular complexity index is 492. The third kappa shape index (κ3) is 4.22. The standard InChI is InChI=1S/C14H14O5/c15-13-5-4-11-2-1-3-12(10-11)14(16)19-9-7-17-6-8-18-13/h1-5,10H,6-9H2/b5-4-. The molecule has 1 aliphatic rings. The fourth-order valence-corrected chi connectivity index (χ4v) is 1.56. The van der Waals surface area contributed by atoms with Gasteiger partial charge in [-0.2, -0.15) is 0 Å². The van der Waals surface area contributed by atoms with E-state index in [1.54, 1.807) is 30.3 Å². The van der Waals surface area contributed by atoms with Crippen LogP contribution in [0.25, 0.3) is 6.08 Å². The summed E-state index contributed by atoms with van der Waals surface area (Å²) in [7, 11) is 0. The van der Waals surface area contributed by atoms with Crippen molar-refractivity contribution < 1.29 is 23.8 Å². The first-order valence-corrected chi connectivity index (χ1v) is 5.95. The maximum Gasteiger partial charge on any atom is 0.338 e. The molecule has 0 atom stereocenters. The second-order valence-electron chi connectivity index (χ2n) is 3.87. The van der Waals surface area contributed by atoms with Crippen molar-refractivity contribution in [1.82, 2.24) is 0 Å². The highest BCUT2D eigenvalue weighted by molar-refractivity contribution is 5.91. The predicted octanol–water partition coefficient (Wildman–Crippen LogP) is 1.43. The van der Waals surface area contributed by atoms with Crippen LogP contribution >= 0.6 is 0 Å². The summed E-state index contributed by atoms with van der Waals surface area (Å²) < 4.78 is 15.1. The molecule has 19 heavy (non-hydrogen) atoms. The normalized spacial score (nSPS) is 18.9. The SMILES string of the molecule is O=C1/C=C\c2cccc(c2)C(=O)OCCOCCO1. The molecule has 5 heteroatoms. The lowest BCUT2D eigenvalue weighted by atomic mass is 10.1. The monoisotopic (exact) mass is 262 g/mol. The van der Waals surface area contributed by atoms with Crippen molar-refractivity contribution in [3.8, 4) is 0 Å². The summed E-state index contributed by atoms with van der Waals surface area (Å²) in [5, 5.41) is 0. The third-order valence-corrected chi connectivity index (χ3v) is 2.47. The van der Waals surface area contributed by atoms with Crippen LogP contribution in [-0.2, 0) is 19.0 Å². The van der Waals surface area contributed by atoms with Crippen molar-refractivity contribution >= 4 is 18.0 Å². The van der Waals surface area contributed by atoms with E-state index in [1.807, 2.05) is 0 Å². The average molecular weight is 262 g/mol. The fraction of sp³-hybridized carbons (Fsp3) is 0.286. The first-order chi connectivity index (χ1) is 9.25.